The third-order valence-corrected chi connectivity index (χ3v) is 5.77. The molecular formula is C18H19ClN2O4S. The number of hydrogen-bond acceptors (Lipinski definition) is 4. The van der Waals surface area contributed by atoms with Crippen molar-refractivity contribution in [2.75, 3.05) is 20.8 Å². The summed E-state index contributed by atoms with van der Waals surface area (Å²) in [6.45, 7) is 0.270. The van der Waals surface area contributed by atoms with E-state index in [4.69, 9.17) is 21.1 Å². The number of H-pyrrole nitrogens is 1. The summed E-state index contributed by atoms with van der Waals surface area (Å²) in [5.74, 6) is 0.841. The molecule has 138 valence electrons. The lowest BCUT2D eigenvalue weighted by atomic mass is 10.1. The van der Waals surface area contributed by atoms with Crippen molar-refractivity contribution < 1.29 is 17.9 Å². The molecule has 0 unspecified atom stereocenters. The second kappa shape index (κ2) is 7.57. The zero-order valence-corrected chi connectivity index (χ0v) is 15.9. The molecule has 1 heterocycles. The van der Waals surface area contributed by atoms with Gasteiger partial charge in [0.15, 0.2) is 11.5 Å². The molecular weight excluding hydrogens is 376 g/mol. The van der Waals surface area contributed by atoms with E-state index in [2.05, 4.69) is 9.71 Å². The molecule has 6 nitrogen and oxygen atoms in total. The predicted molar refractivity (Wildman–Crippen MR) is 102 cm³/mol. The van der Waals surface area contributed by atoms with E-state index in [-0.39, 0.29) is 11.4 Å². The minimum Gasteiger partial charge on any atom is -0.493 e. The van der Waals surface area contributed by atoms with Gasteiger partial charge in [-0.05, 0) is 36.2 Å². The summed E-state index contributed by atoms with van der Waals surface area (Å²) in [6, 6.07) is 10.1. The highest BCUT2D eigenvalue weighted by Gasteiger charge is 2.17. The van der Waals surface area contributed by atoms with Crippen LogP contribution < -0.4 is 14.2 Å². The molecule has 3 rings (SSSR count). The number of sulfonamides is 1. The van der Waals surface area contributed by atoms with Crippen molar-refractivity contribution in [1.29, 1.82) is 0 Å². The normalized spacial score (nSPS) is 11.7. The van der Waals surface area contributed by atoms with Gasteiger partial charge < -0.3 is 14.5 Å². The first-order chi connectivity index (χ1) is 12.4. The number of methoxy groups -OCH3 is 2. The van der Waals surface area contributed by atoms with Crippen LogP contribution in [0.4, 0.5) is 0 Å². The number of fused-ring (bicyclic) bond motifs is 1. The second-order valence-corrected chi connectivity index (χ2v) is 7.87. The molecule has 26 heavy (non-hydrogen) atoms. The van der Waals surface area contributed by atoms with E-state index in [0.717, 1.165) is 16.5 Å². The van der Waals surface area contributed by atoms with Crippen LogP contribution in [0.5, 0.6) is 11.5 Å². The summed E-state index contributed by atoms with van der Waals surface area (Å²) in [4.78, 5) is 3.27. The molecule has 0 aliphatic heterocycles. The van der Waals surface area contributed by atoms with E-state index in [1.807, 2.05) is 24.4 Å². The van der Waals surface area contributed by atoms with Crippen LogP contribution in [0.15, 0.2) is 47.5 Å². The zero-order chi connectivity index (χ0) is 18.7. The standard InChI is InChI=1S/C18H19ClN2O4S/c1-24-17-6-4-14(10-18(17)25-2)26(22,23)21-8-7-12-11-20-16-9-13(19)3-5-15(12)16/h3-6,9-11,20-21H,7-8H2,1-2H3. The Hall–Kier alpha value is -2.22. The second-order valence-electron chi connectivity index (χ2n) is 5.67. The lowest BCUT2D eigenvalue weighted by molar-refractivity contribution is 0.354. The van der Waals surface area contributed by atoms with Crippen LogP contribution in [0.1, 0.15) is 5.56 Å². The van der Waals surface area contributed by atoms with Crippen LogP contribution >= 0.6 is 11.6 Å². The SMILES string of the molecule is COc1ccc(S(=O)(=O)NCCc2c[nH]c3cc(Cl)ccc23)cc1OC. The van der Waals surface area contributed by atoms with Gasteiger partial charge in [-0.3, -0.25) is 0 Å². The van der Waals surface area contributed by atoms with Crippen LogP contribution in [0, 0.1) is 0 Å². The molecule has 3 aromatic rings. The quantitative estimate of drug-likeness (QED) is 0.644. The summed E-state index contributed by atoms with van der Waals surface area (Å²) < 4.78 is 37.9. The van der Waals surface area contributed by atoms with Crippen molar-refractivity contribution in [3.05, 3.63) is 53.2 Å². The number of aromatic nitrogens is 1. The van der Waals surface area contributed by atoms with Gasteiger partial charge in [-0.1, -0.05) is 17.7 Å². The van der Waals surface area contributed by atoms with Gasteiger partial charge in [0.2, 0.25) is 10.0 Å². The highest BCUT2D eigenvalue weighted by atomic mass is 35.5. The number of benzene rings is 2. The molecule has 8 heteroatoms. The van der Waals surface area contributed by atoms with E-state index < -0.39 is 10.0 Å². The highest BCUT2D eigenvalue weighted by Crippen LogP contribution is 2.29. The molecule has 0 spiro atoms. The first kappa shape index (κ1) is 18.6. The Morgan fingerprint density at radius 3 is 2.58 bits per heavy atom. The average Bonchev–Trinajstić information content (AvgIpc) is 3.03. The Morgan fingerprint density at radius 1 is 1.08 bits per heavy atom. The van der Waals surface area contributed by atoms with E-state index in [1.165, 1.54) is 26.4 Å². The number of aromatic amines is 1. The first-order valence-corrected chi connectivity index (χ1v) is 9.78. The fraction of sp³-hybridized carbons (Fsp3) is 0.222. The summed E-state index contributed by atoms with van der Waals surface area (Å²) in [5.41, 5.74) is 1.95. The van der Waals surface area contributed by atoms with E-state index in [9.17, 15) is 8.42 Å². The van der Waals surface area contributed by atoms with Crippen LogP contribution in [-0.2, 0) is 16.4 Å². The molecule has 2 N–H and O–H groups in total. The van der Waals surface area contributed by atoms with Crippen molar-refractivity contribution in [1.82, 2.24) is 9.71 Å². The molecule has 0 saturated heterocycles. The Labute approximate surface area is 157 Å². The summed E-state index contributed by atoms with van der Waals surface area (Å²) in [7, 11) is -0.686. The van der Waals surface area contributed by atoms with Crippen LogP contribution in [0.3, 0.4) is 0 Å². The van der Waals surface area contributed by atoms with Gasteiger partial charge in [0.25, 0.3) is 0 Å². The number of nitrogens with one attached hydrogen (secondary N) is 2. The van der Waals surface area contributed by atoms with E-state index in [1.54, 1.807) is 6.07 Å². The zero-order valence-electron chi connectivity index (χ0n) is 14.4. The molecule has 0 fully saturated rings. The van der Waals surface area contributed by atoms with Gasteiger partial charge in [0, 0.05) is 34.7 Å². The van der Waals surface area contributed by atoms with Crippen molar-refractivity contribution >= 4 is 32.5 Å². The lowest BCUT2D eigenvalue weighted by Gasteiger charge is -2.11. The van der Waals surface area contributed by atoms with Crippen LogP contribution in [-0.4, -0.2) is 34.2 Å². The highest BCUT2D eigenvalue weighted by molar-refractivity contribution is 7.89. The molecule has 2 aromatic carbocycles. The van der Waals surface area contributed by atoms with Gasteiger partial charge in [0.1, 0.15) is 0 Å². The maximum absolute atomic E-state index is 12.5. The number of ether oxygens (including phenoxy) is 2. The summed E-state index contributed by atoms with van der Waals surface area (Å²) in [6.07, 6.45) is 2.42. The van der Waals surface area contributed by atoms with Gasteiger partial charge in [-0.25, -0.2) is 13.1 Å². The van der Waals surface area contributed by atoms with E-state index >= 15 is 0 Å². The van der Waals surface area contributed by atoms with Crippen molar-refractivity contribution in [2.45, 2.75) is 11.3 Å². The third kappa shape index (κ3) is 3.80. The topological polar surface area (TPSA) is 80.4 Å². The Morgan fingerprint density at radius 2 is 1.85 bits per heavy atom. The average molecular weight is 395 g/mol. The summed E-state index contributed by atoms with van der Waals surface area (Å²) >= 11 is 5.98. The maximum atomic E-state index is 12.5. The molecule has 0 amide bonds. The largest absolute Gasteiger partial charge is 0.493 e. The molecule has 0 atom stereocenters. The van der Waals surface area contributed by atoms with Gasteiger partial charge in [-0.2, -0.15) is 0 Å². The smallest absolute Gasteiger partial charge is 0.240 e. The van der Waals surface area contributed by atoms with Crippen molar-refractivity contribution in [3.63, 3.8) is 0 Å². The van der Waals surface area contributed by atoms with Gasteiger partial charge in [-0.15, -0.1) is 0 Å². The molecule has 1 aromatic heterocycles. The van der Waals surface area contributed by atoms with Gasteiger partial charge in [0.05, 0.1) is 19.1 Å². The van der Waals surface area contributed by atoms with E-state index in [0.29, 0.717) is 22.9 Å². The Balaban J connectivity index is 1.72. The van der Waals surface area contributed by atoms with Gasteiger partial charge >= 0.3 is 0 Å². The number of halogens is 1. The van der Waals surface area contributed by atoms with Crippen molar-refractivity contribution in [3.8, 4) is 11.5 Å². The molecule has 0 bridgehead atoms. The summed E-state index contributed by atoms with van der Waals surface area (Å²) in [5, 5.41) is 1.68. The molecule has 0 aliphatic carbocycles. The third-order valence-electron chi connectivity index (χ3n) is 4.08. The maximum Gasteiger partial charge on any atom is 0.240 e. The monoisotopic (exact) mass is 394 g/mol. The fourth-order valence-electron chi connectivity index (χ4n) is 2.75. The first-order valence-electron chi connectivity index (χ1n) is 7.92. The Bertz CT molecular complexity index is 1030. The molecule has 0 saturated carbocycles. The fourth-order valence-corrected chi connectivity index (χ4v) is 3.97. The van der Waals surface area contributed by atoms with Crippen LogP contribution in [0.25, 0.3) is 10.9 Å². The predicted octanol–water partition coefficient (Wildman–Crippen LogP) is 3.36. The minimum atomic E-state index is -3.65. The van der Waals surface area contributed by atoms with Crippen molar-refractivity contribution in [2.24, 2.45) is 0 Å². The Kier molecular flexibility index (Phi) is 5.41. The molecule has 0 radical (unpaired) electrons. The minimum absolute atomic E-state index is 0.126. The van der Waals surface area contributed by atoms with Crippen LogP contribution in [0.2, 0.25) is 5.02 Å². The molecule has 0 aliphatic rings. The number of rotatable bonds is 7. The number of hydrogen-bond donors (Lipinski definition) is 2. The lowest BCUT2D eigenvalue weighted by Crippen LogP contribution is -2.26.